The number of aliphatic imine (C=N–C) groups is 1. The maximum atomic E-state index is 15.2. The molecule has 8 nitrogen and oxygen atoms in total. The molecule has 0 spiro atoms. The second kappa shape index (κ2) is 8.02. The van der Waals surface area contributed by atoms with Gasteiger partial charge in [-0.05, 0) is 51.0 Å². The van der Waals surface area contributed by atoms with E-state index in [2.05, 4.69) is 24.5 Å². The topological polar surface area (TPSA) is 120 Å². The van der Waals surface area contributed by atoms with Gasteiger partial charge in [0.05, 0.1) is 15.5 Å². The molecule has 0 amide bonds. The van der Waals surface area contributed by atoms with Crippen LogP contribution in [0.2, 0.25) is 0 Å². The molecule has 0 radical (unpaired) electrons. The van der Waals surface area contributed by atoms with Crippen molar-refractivity contribution in [2.75, 3.05) is 12.7 Å². The van der Waals surface area contributed by atoms with Crippen LogP contribution in [-0.4, -0.2) is 42.6 Å². The smallest absolute Gasteiger partial charge is 0.181 e. The fourth-order valence-corrected chi connectivity index (χ4v) is 5.73. The lowest BCUT2D eigenvalue weighted by Crippen LogP contribution is -2.54. The van der Waals surface area contributed by atoms with Crippen molar-refractivity contribution < 1.29 is 17.2 Å². The molecule has 1 aliphatic rings. The summed E-state index contributed by atoms with van der Waals surface area (Å²) in [6.07, 6.45) is 4.22. The quantitative estimate of drug-likeness (QED) is 0.612. The monoisotopic (exact) mass is 473 g/mol. The molecule has 4 rings (SSSR count). The summed E-state index contributed by atoms with van der Waals surface area (Å²) in [7, 11) is -3.48. The van der Waals surface area contributed by atoms with Crippen molar-refractivity contribution in [3.8, 4) is 22.8 Å². The first-order chi connectivity index (χ1) is 16.7. The average Bonchev–Trinajstić information content (AvgIpc) is 3.27. The third kappa shape index (κ3) is 3.82. The van der Waals surface area contributed by atoms with E-state index < -0.39 is 32.8 Å². The van der Waals surface area contributed by atoms with E-state index in [0.29, 0.717) is 22.8 Å². The Bertz CT molecular complexity index is 1460. The number of aryl methyl sites for hydroxylation is 1. The van der Waals surface area contributed by atoms with E-state index in [-0.39, 0.29) is 17.2 Å². The minimum atomic E-state index is -3.48. The van der Waals surface area contributed by atoms with Crippen LogP contribution in [0.1, 0.15) is 42.9 Å². The Labute approximate surface area is 196 Å². The minimum Gasteiger partial charge on any atom is -0.386 e. The lowest BCUT2D eigenvalue weighted by Gasteiger charge is -2.40. The van der Waals surface area contributed by atoms with Crippen molar-refractivity contribution in [1.82, 2.24) is 15.1 Å². The first kappa shape index (κ1) is 19.3. The molecule has 0 saturated carbocycles. The third-order valence-electron chi connectivity index (χ3n) is 6.09. The Morgan fingerprint density at radius 3 is 2.67 bits per heavy atom. The van der Waals surface area contributed by atoms with Gasteiger partial charge in [0, 0.05) is 40.7 Å². The Kier molecular flexibility index (Phi) is 4.70. The zero-order valence-electron chi connectivity index (χ0n) is 21.8. The maximum absolute atomic E-state index is 15.2. The van der Waals surface area contributed by atoms with Crippen molar-refractivity contribution in [2.45, 2.75) is 44.4 Å². The van der Waals surface area contributed by atoms with Gasteiger partial charge in [0.2, 0.25) is 0 Å². The van der Waals surface area contributed by atoms with Crippen molar-refractivity contribution in [3.63, 3.8) is 0 Å². The summed E-state index contributed by atoms with van der Waals surface area (Å²) in [5, 5.41) is 4.03. The Hall–Kier alpha value is -3.14. The number of nitrogens with two attached hydrogens (primary N) is 1. The van der Waals surface area contributed by atoms with Crippen LogP contribution in [0.5, 0.6) is 0 Å². The summed E-state index contributed by atoms with van der Waals surface area (Å²) in [6.45, 7) is 3.80. The number of hydrogen-bond donors (Lipinski definition) is 1. The van der Waals surface area contributed by atoms with E-state index in [1.165, 1.54) is 32.0 Å². The van der Waals surface area contributed by atoms with E-state index in [1.807, 2.05) is 6.92 Å². The highest BCUT2D eigenvalue weighted by molar-refractivity contribution is 7.95. The first-order valence-electron chi connectivity index (χ1n) is 11.9. The molecule has 1 aromatic carbocycles. The van der Waals surface area contributed by atoms with E-state index in [1.54, 1.807) is 25.4 Å². The molecule has 0 unspecified atom stereocenters. The molecule has 0 aliphatic carbocycles. The summed E-state index contributed by atoms with van der Waals surface area (Å²) in [6, 6.07) is 5.89. The van der Waals surface area contributed by atoms with Gasteiger partial charge in [-0.15, -0.1) is 0 Å². The largest absolute Gasteiger partial charge is 0.386 e. The molecule has 0 bridgehead atoms. The lowest BCUT2D eigenvalue weighted by atomic mass is 9.91. The first-order valence-corrected chi connectivity index (χ1v) is 12.1. The van der Waals surface area contributed by atoms with Crippen LogP contribution in [-0.2, 0) is 21.7 Å². The Morgan fingerprint density at radius 1 is 1.27 bits per heavy atom. The van der Waals surface area contributed by atoms with Crippen LogP contribution < -0.4 is 5.73 Å². The van der Waals surface area contributed by atoms with Crippen LogP contribution in [0, 0.1) is 5.82 Å². The van der Waals surface area contributed by atoms with Gasteiger partial charge in [0.25, 0.3) is 0 Å². The highest BCUT2D eigenvalue weighted by Gasteiger charge is 2.47. The van der Waals surface area contributed by atoms with Gasteiger partial charge in [-0.3, -0.25) is 4.99 Å². The molecule has 3 aromatic rings. The molecule has 0 fully saturated rings. The highest BCUT2D eigenvalue weighted by atomic mass is 32.2. The van der Waals surface area contributed by atoms with Crippen LogP contribution in [0.25, 0.3) is 22.8 Å². The molecular formula is C23H27FN6O2S. The van der Waals surface area contributed by atoms with Gasteiger partial charge in [-0.1, -0.05) is 12.1 Å². The minimum absolute atomic E-state index is 0.0614. The van der Waals surface area contributed by atoms with Crippen LogP contribution in [0.4, 0.5) is 4.39 Å². The second-order valence-corrected chi connectivity index (χ2v) is 11.5. The van der Waals surface area contributed by atoms with Crippen molar-refractivity contribution in [2.24, 2.45) is 15.1 Å². The van der Waals surface area contributed by atoms with Gasteiger partial charge in [-0.2, -0.15) is 0 Å². The van der Waals surface area contributed by atoms with Crippen LogP contribution in [0.15, 0.2) is 50.5 Å². The summed E-state index contributed by atoms with van der Waals surface area (Å²) in [5.74, 6) is -0.292. The number of aromatic nitrogens is 3. The number of hydrogen-bond acceptors (Lipinski definition) is 8. The fourth-order valence-electron chi connectivity index (χ4n) is 3.72. The average molecular weight is 474 g/mol. The Morgan fingerprint density at radius 2 is 2.00 bits per heavy atom. The van der Waals surface area contributed by atoms with E-state index in [9.17, 15) is 4.21 Å². The summed E-state index contributed by atoms with van der Waals surface area (Å²) < 4.78 is 59.6. The van der Waals surface area contributed by atoms with Gasteiger partial charge < -0.3 is 10.3 Å². The normalized spacial score (nSPS) is 26.1. The number of halogens is 1. The molecule has 0 saturated heterocycles. The predicted octanol–water partition coefficient (Wildman–Crippen LogP) is 3.96. The van der Waals surface area contributed by atoms with Crippen LogP contribution in [0.3, 0.4) is 0 Å². The Balaban J connectivity index is 1.78. The molecule has 10 heteroatoms. The lowest BCUT2D eigenvalue weighted by molar-refractivity contribution is 0.434. The molecule has 1 aliphatic heterocycles. The SMILES string of the molecule is [2H]C([2H])([2H])N=[S@@]1(=O)C[C@@](C)(c2cc(-c3cc(-c4ncc(CC)cn4)no3)ccc2F)N=C(N)C1(C)C. The zero-order valence-corrected chi connectivity index (χ0v) is 19.6. The molecular weight excluding hydrogens is 443 g/mol. The van der Waals surface area contributed by atoms with Gasteiger partial charge in [0.15, 0.2) is 17.3 Å². The number of benzene rings is 1. The summed E-state index contributed by atoms with van der Waals surface area (Å²) >= 11 is 0. The number of amidine groups is 1. The number of nitrogens with zero attached hydrogens (tertiary/aromatic N) is 5. The molecule has 174 valence electrons. The van der Waals surface area contributed by atoms with Crippen molar-refractivity contribution >= 4 is 15.6 Å². The highest BCUT2D eigenvalue weighted by Crippen LogP contribution is 2.40. The van der Waals surface area contributed by atoms with Gasteiger partial charge in [0.1, 0.15) is 21.9 Å². The fraction of sp³-hybridized carbons (Fsp3) is 0.391. The number of rotatable bonds is 4. The van der Waals surface area contributed by atoms with Gasteiger partial charge >= 0.3 is 0 Å². The molecule has 2 aromatic heterocycles. The van der Waals surface area contributed by atoms with Crippen molar-refractivity contribution in [3.05, 3.63) is 53.6 Å². The zero-order chi connectivity index (χ0) is 26.5. The summed E-state index contributed by atoms with van der Waals surface area (Å²) in [5.41, 5.74) is 6.68. The third-order valence-corrected chi connectivity index (χ3v) is 9.14. The van der Waals surface area contributed by atoms with Crippen molar-refractivity contribution in [1.29, 1.82) is 0 Å². The second-order valence-electron chi connectivity index (χ2n) is 8.70. The van der Waals surface area contributed by atoms with E-state index in [4.69, 9.17) is 14.4 Å². The van der Waals surface area contributed by atoms with E-state index >= 15 is 4.39 Å². The van der Waals surface area contributed by atoms with Gasteiger partial charge in [-0.25, -0.2) is 22.9 Å². The predicted molar refractivity (Wildman–Crippen MR) is 127 cm³/mol. The summed E-state index contributed by atoms with van der Waals surface area (Å²) in [4.78, 5) is 13.1. The van der Waals surface area contributed by atoms with E-state index in [0.717, 1.165) is 12.0 Å². The molecule has 33 heavy (non-hydrogen) atoms. The molecule has 2 atom stereocenters. The maximum Gasteiger partial charge on any atom is 0.181 e. The standard InChI is InChI=1S/C23H27FN6O2S/c1-6-14-11-27-20(28-12-14)18-10-19(32-30-18)15-7-8-17(24)16(9-15)23(4)13-33(31,26-5)22(2,3)21(25)29-23/h7-12H,6,13H2,1-5H3,(H2,25,29)/t23-,33+/m0/s1/i5D3. The molecule has 2 N–H and O–H groups in total. The molecule has 3 heterocycles. The van der Waals surface area contributed by atoms with Crippen LogP contribution >= 0.6 is 0 Å².